The number of hydrogen-bond donors (Lipinski definition) is 3. The van der Waals surface area contributed by atoms with Crippen LogP contribution in [0.4, 0.5) is 9.59 Å². The summed E-state index contributed by atoms with van der Waals surface area (Å²) in [6, 6.07) is 15.3. The maximum absolute atomic E-state index is 11.9. The second kappa shape index (κ2) is 11.0. The van der Waals surface area contributed by atoms with Gasteiger partial charge in [0.25, 0.3) is 0 Å². The highest BCUT2D eigenvalue weighted by molar-refractivity contribution is 5.80. The van der Waals surface area contributed by atoms with Crippen LogP contribution in [0.3, 0.4) is 0 Å². The molecule has 2 rings (SSSR count). The van der Waals surface area contributed by atoms with Crippen molar-refractivity contribution in [1.82, 2.24) is 10.6 Å². The summed E-state index contributed by atoms with van der Waals surface area (Å²) < 4.78 is 10.3. The molecule has 166 valence electrons. The first-order chi connectivity index (χ1) is 14.6. The quantitative estimate of drug-likeness (QED) is 0.592. The first kappa shape index (κ1) is 23.7. The fourth-order valence-corrected chi connectivity index (χ4v) is 2.70. The Morgan fingerprint density at radius 2 is 1.58 bits per heavy atom. The highest BCUT2D eigenvalue weighted by Gasteiger charge is 2.24. The first-order valence-electron chi connectivity index (χ1n) is 9.87. The van der Waals surface area contributed by atoms with Gasteiger partial charge in [-0.05, 0) is 37.5 Å². The SMILES string of the molecule is CC(C)(C)OC(=O)N[C@@H](Cc1cccc(CNC(=O)OCc2ccccc2)c1)C(=O)O. The van der Waals surface area contributed by atoms with Crippen molar-refractivity contribution in [1.29, 1.82) is 0 Å². The van der Waals surface area contributed by atoms with Crippen LogP contribution in [0, 0.1) is 0 Å². The molecule has 0 saturated carbocycles. The van der Waals surface area contributed by atoms with Crippen molar-refractivity contribution in [2.75, 3.05) is 0 Å². The van der Waals surface area contributed by atoms with E-state index in [-0.39, 0.29) is 19.6 Å². The first-order valence-corrected chi connectivity index (χ1v) is 9.87. The summed E-state index contributed by atoms with van der Waals surface area (Å²) in [6.07, 6.45) is -1.27. The van der Waals surface area contributed by atoms with Crippen LogP contribution < -0.4 is 10.6 Å². The van der Waals surface area contributed by atoms with E-state index in [2.05, 4.69) is 10.6 Å². The lowest BCUT2D eigenvalue weighted by atomic mass is 10.0. The lowest BCUT2D eigenvalue weighted by Crippen LogP contribution is -2.44. The smallest absolute Gasteiger partial charge is 0.408 e. The van der Waals surface area contributed by atoms with E-state index >= 15 is 0 Å². The molecule has 31 heavy (non-hydrogen) atoms. The molecule has 0 aliphatic rings. The molecule has 2 amide bonds. The number of alkyl carbamates (subject to hydrolysis) is 2. The van der Waals surface area contributed by atoms with Gasteiger partial charge in [-0.2, -0.15) is 0 Å². The summed E-state index contributed by atoms with van der Waals surface area (Å²) in [7, 11) is 0. The normalized spacial score (nSPS) is 11.8. The number of carbonyl (C=O) groups is 3. The van der Waals surface area contributed by atoms with Crippen LogP contribution in [0.2, 0.25) is 0 Å². The summed E-state index contributed by atoms with van der Waals surface area (Å²) in [5, 5.41) is 14.5. The number of ether oxygens (including phenoxy) is 2. The molecule has 1 atom stereocenters. The van der Waals surface area contributed by atoms with E-state index in [0.717, 1.165) is 11.1 Å². The topological polar surface area (TPSA) is 114 Å². The Balaban J connectivity index is 1.88. The van der Waals surface area contributed by atoms with Crippen LogP contribution in [0.1, 0.15) is 37.5 Å². The zero-order valence-electron chi connectivity index (χ0n) is 17.9. The maximum Gasteiger partial charge on any atom is 0.408 e. The van der Waals surface area contributed by atoms with E-state index < -0.39 is 29.8 Å². The molecule has 0 aliphatic heterocycles. The van der Waals surface area contributed by atoms with E-state index in [0.29, 0.717) is 5.56 Å². The molecule has 0 fully saturated rings. The van der Waals surface area contributed by atoms with Gasteiger partial charge in [0.05, 0.1) is 0 Å². The molecule has 8 heteroatoms. The molecule has 0 aromatic heterocycles. The van der Waals surface area contributed by atoms with Crippen LogP contribution >= 0.6 is 0 Å². The zero-order valence-corrected chi connectivity index (χ0v) is 17.9. The van der Waals surface area contributed by atoms with Crippen LogP contribution in [-0.4, -0.2) is 34.9 Å². The van der Waals surface area contributed by atoms with Gasteiger partial charge in [0.1, 0.15) is 18.2 Å². The molecule has 0 unspecified atom stereocenters. The number of carboxylic acid groups (broad SMARTS) is 1. The standard InChI is InChI=1S/C23H28N2O6/c1-23(2,3)31-22(29)25-19(20(26)27)13-17-10-7-11-18(12-17)14-24-21(28)30-15-16-8-5-4-6-9-16/h4-12,19H,13-15H2,1-3H3,(H,24,28)(H,25,29)(H,26,27)/t19-/m0/s1. The second-order valence-electron chi connectivity index (χ2n) is 7.98. The van der Waals surface area contributed by atoms with Gasteiger partial charge in [0.2, 0.25) is 0 Å². The molecular weight excluding hydrogens is 400 g/mol. The third kappa shape index (κ3) is 9.20. The van der Waals surface area contributed by atoms with Crippen molar-refractivity contribution in [3.8, 4) is 0 Å². The van der Waals surface area contributed by atoms with Crippen molar-refractivity contribution in [2.24, 2.45) is 0 Å². The summed E-state index contributed by atoms with van der Waals surface area (Å²) in [6.45, 7) is 5.49. The Bertz CT molecular complexity index is 892. The van der Waals surface area contributed by atoms with E-state index in [9.17, 15) is 19.5 Å². The molecule has 2 aromatic carbocycles. The fraction of sp³-hybridized carbons (Fsp3) is 0.348. The van der Waals surface area contributed by atoms with Gasteiger partial charge in [0, 0.05) is 13.0 Å². The van der Waals surface area contributed by atoms with Crippen LogP contribution in [0.25, 0.3) is 0 Å². The Morgan fingerprint density at radius 3 is 2.23 bits per heavy atom. The summed E-state index contributed by atoms with van der Waals surface area (Å²) >= 11 is 0. The Kier molecular flexibility index (Phi) is 8.43. The highest BCUT2D eigenvalue weighted by Crippen LogP contribution is 2.11. The Labute approximate surface area is 181 Å². The van der Waals surface area contributed by atoms with Crippen molar-refractivity contribution in [3.63, 3.8) is 0 Å². The van der Waals surface area contributed by atoms with Gasteiger partial charge in [0.15, 0.2) is 0 Å². The summed E-state index contributed by atoms with van der Waals surface area (Å²) in [5.74, 6) is -1.17. The van der Waals surface area contributed by atoms with E-state index in [1.807, 2.05) is 30.3 Å². The van der Waals surface area contributed by atoms with Gasteiger partial charge < -0.3 is 25.2 Å². The van der Waals surface area contributed by atoms with Gasteiger partial charge in [-0.1, -0.05) is 54.6 Å². The largest absolute Gasteiger partial charge is 0.480 e. The number of hydrogen-bond acceptors (Lipinski definition) is 5. The number of nitrogens with one attached hydrogen (secondary N) is 2. The van der Waals surface area contributed by atoms with Crippen LogP contribution in [-0.2, 0) is 33.8 Å². The van der Waals surface area contributed by atoms with Gasteiger partial charge in [-0.3, -0.25) is 0 Å². The number of benzene rings is 2. The van der Waals surface area contributed by atoms with Crippen molar-refractivity contribution >= 4 is 18.2 Å². The van der Waals surface area contributed by atoms with Crippen LogP contribution in [0.5, 0.6) is 0 Å². The monoisotopic (exact) mass is 428 g/mol. The molecule has 0 bridgehead atoms. The zero-order chi connectivity index (χ0) is 22.9. The fourth-order valence-electron chi connectivity index (χ4n) is 2.70. The molecule has 0 heterocycles. The minimum absolute atomic E-state index is 0.0703. The van der Waals surface area contributed by atoms with Gasteiger partial charge >= 0.3 is 18.2 Å². The van der Waals surface area contributed by atoms with Gasteiger partial charge in [-0.15, -0.1) is 0 Å². The summed E-state index contributed by atoms with van der Waals surface area (Å²) in [4.78, 5) is 35.4. The number of carboxylic acids is 1. The number of amides is 2. The molecule has 0 aliphatic carbocycles. The van der Waals surface area contributed by atoms with Gasteiger partial charge in [-0.25, -0.2) is 14.4 Å². The molecule has 0 spiro atoms. The average Bonchev–Trinajstić information content (AvgIpc) is 2.70. The molecular formula is C23H28N2O6. The molecule has 3 N–H and O–H groups in total. The van der Waals surface area contributed by atoms with Crippen molar-refractivity contribution in [3.05, 3.63) is 71.3 Å². The lowest BCUT2D eigenvalue weighted by molar-refractivity contribution is -0.139. The van der Waals surface area contributed by atoms with E-state index in [1.54, 1.807) is 45.0 Å². The summed E-state index contributed by atoms with van der Waals surface area (Å²) in [5.41, 5.74) is 1.63. The highest BCUT2D eigenvalue weighted by atomic mass is 16.6. The van der Waals surface area contributed by atoms with Crippen LogP contribution in [0.15, 0.2) is 54.6 Å². The number of carbonyl (C=O) groups excluding carboxylic acids is 2. The minimum Gasteiger partial charge on any atom is -0.480 e. The van der Waals surface area contributed by atoms with E-state index in [1.165, 1.54) is 0 Å². The second-order valence-corrected chi connectivity index (χ2v) is 7.98. The predicted molar refractivity (Wildman–Crippen MR) is 114 cm³/mol. The molecule has 0 radical (unpaired) electrons. The number of aliphatic carboxylic acids is 1. The minimum atomic E-state index is -1.17. The molecule has 2 aromatic rings. The van der Waals surface area contributed by atoms with E-state index in [4.69, 9.17) is 9.47 Å². The Hall–Kier alpha value is -3.55. The molecule has 0 saturated heterocycles. The van der Waals surface area contributed by atoms with Crippen molar-refractivity contribution in [2.45, 2.75) is 52.0 Å². The number of rotatable bonds is 8. The third-order valence-corrected chi connectivity index (χ3v) is 4.07. The lowest BCUT2D eigenvalue weighted by Gasteiger charge is -2.22. The predicted octanol–water partition coefficient (Wildman–Crippen LogP) is 3.63. The average molecular weight is 428 g/mol. The van der Waals surface area contributed by atoms with Crippen molar-refractivity contribution < 1.29 is 29.0 Å². The Morgan fingerprint density at radius 1 is 0.935 bits per heavy atom. The molecule has 8 nitrogen and oxygen atoms in total. The third-order valence-electron chi connectivity index (χ3n) is 4.07. The maximum atomic E-state index is 11.9.